The number of nitrogens with one attached hydrogen (secondary N) is 1. The van der Waals surface area contributed by atoms with Crippen LogP contribution in [0.25, 0.3) is 0 Å². The Kier molecular flexibility index (Phi) is 26.2. The topological polar surface area (TPSA) is 80.3 Å². The molecule has 0 fully saturated rings. The van der Waals surface area contributed by atoms with Gasteiger partial charge in [0.25, 0.3) is 0 Å². The van der Waals surface area contributed by atoms with Crippen molar-refractivity contribution in [1.82, 2.24) is 10.2 Å². The summed E-state index contributed by atoms with van der Waals surface area (Å²) in [5.41, 5.74) is 0. The van der Waals surface area contributed by atoms with Gasteiger partial charge >= 0.3 is 14.7 Å². The molecular formula is C27H57N2O5P. The van der Waals surface area contributed by atoms with Crippen LogP contribution in [0.15, 0.2) is 0 Å². The molecule has 0 aromatic carbocycles. The van der Waals surface area contributed by atoms with Gasteiger partial charge in [-0.2, -0.15) is 0 Å². The maximum atomic E-state index is 11.6. The second kappa shape index (κ2) is 26.6. The van der Waals surface area contributed by atoms with E-state index in [1.54, 1.807) is 7.05 Å². The smallest absolute Gasteiger partial charge is 0.407 e. The number of likely N-dealkylation sites (N-methyl/N-ethyl adjacent to an activating group) is 1. The highest BCUT2D eigenvalue weighted by Crippen LogP contribution is 2.33. The molecule has 35 heavy (non-hydrogen) atoms. The Bertz CT molecular complexity index is 457. The van der Waals surface area contributed by atoms with E-state index in [1.165, 1.54) is 96.3 Å². The van der Waals surface area contributed by atoms with Gasteiger partial charge in [0, 0.05) is 13.6 Å². The van der Waals surface area contributed by atoms with E-state index in [-0.39, 0.29) is 12.7 Å². The minimum Gasteiger partial charge on any atom is -0.444 e. The van der Waals surface area contributed by atoms with E-state index in [4.69, 9.17) is 13.8 Å². The maximum Gasteiger partial charge on any atom is 0.407 e. The Morgan fingerprint density at radius 1 is 0.800 bits per heavy atom. The number of carbonyl (C=O) groups is 1. The molecule has 0 radical (unpaired) electrons. The molecule has 0 aliphatic rings. The lowest BCUT2D eigenvalue weighted by atomic mass is 10.0. The summed E-state index contributed by atoms with van der Waals surface area (Å²) in [6.07, 6.45) is 22.6. The summed E-state index contributed by atoms with van der Waals surface area (Å²) < 4.78 is 16.0. The predicted octanol–water partition coefficient (Wildman–Crippen LogP) is 7.57. The lowest BCUT2D eigenvalue weighted by Crippen LogP contribution is -2.29. The van der Waals surface area contributed by atoms with Crippen molar-refractivity contribution in [2.75, 3.05) is 40.9 Å². The molecule has 0 aromatic heterocycles. The number of hydrogen-bond donors (Lipinski definition) is 2. The van der Waals surface area contributed by atoms with Crippen molar-refractivity contribution in [1.29, 1.82) is 0 Å². The quantitative estimate of drug-likeness (QED) is 0.0904. The van der Waals surface area contributed by atoms with Gasteiger partial charge in [-0.25, -0.2) is 4.79 Å². The molecule has 0 spiro atoms. The van der Waals surface area contributed by atoms with E-state index in [0.717, 1.165) is 19.3 Å². The Morgan fingerprint density at radius 3 is 1.69 bits per heavy atom. The zero-order chi connectivity index (χ0) is 26.0. The third-order valence-corrected chi connectivity index (χ3v) is 6.99. The number of rotatable bonds is 26. The summed E-state index contributed by atoms with van der Waals surface area (Å²) in [7, 11) is 3.47. The fourth-order valence-electron chi connectivity index (χ4n) is 3.97. The van der Waals surface area contributed by atoms with Gasteiger partial charge in [0.2, 0.25) is 0 Å². The zero-order valence-electron chi connectivity index (χ0n) is 23.4. The molecule has 0 heterocycles. The lowest BCUT2D eigenvalue weighted by molar-refractivity contribution is 0.0521. The number of alkyl carbamates (subject to hydrolysis) is 1. The molecule has 8 heteroatoms. The summed E-state index contributed by atoms with van der Waals surface area (Å²) in [4.78, 5) is 23.5. The molecule has 0 bridgehead atoms. The number of ether oxygens (including phenoxy) is 1. The van der Waals surface area contributed by atoms with Crippen molar-refractivity contribution in [3.63, 3.8) is 0 Å². The van der Waals surface area contributed by atoms with Crippen LogP contribution in [0.2, 0.25) is 0 Å². The molecule has 7 nitrogen and oxygen atoms in total. The van der Waals surface area contributed by atoms with Crippen LogP contribution in [0, 0.1) is 0 Å². The van der Waals surface area contributed by atoms with Crippen LogP contribution in [0.3, 0.4) is 0 Å². The SMILES string of the molecule is CCCCCCCCCCCCCCCCCCCC(COP(O)OCCN(C)C)OC(=O)NC. The van der Waals surface area contributed by atoms with E-state index in [0.29, 0.717) is 13.2 Å². The molecule has 0 saturated heterocycles. The van der Waals surface area contributed by atoms with Crippen molar-refractivity contribution in [3.8, 4) is 0 Å². The molecule has 0 aliphatic carbocycles. The van der Waals surface area contributed by atoms with Crippen LogP contribution in [0.5, 0.6) is 0 Å². The van der Waals surface area contributed by atoms with Crippen molar-refractivity contribution in [3.05, 3.63) is 0 Å². The molecule has 210 valence electrons. The lowest BCUT2D eigenvalue weighted by Gasteiger charge is -2.19. The van der Waals surface area contributed by atoms with E-state index in [9.17, 15) is 9.69 Å². The van der Waals surface area contributed by atoms with Gasteiger partial charge in [0.15, 0.2) is 0 Å². The van der Waals surface area contributed by atoms with Gasteiger partial charge in [0.1, 0.15) is 6.10 Å². The fourth-order valence-corrected chi connectivity index (χ4v) is 4.58. The van der Waals surface area contributed by atoms with E-state index >= 15 is 0 Å². The van der Waals surface area contributed by atoms with Crippen LogP contribution >= 0.6 is 8.60 Å². The highest BCUT2D eigenvalue weighted by atomic mass is 31.2. The number of unbranched alkanes of at least 4 members (excludes halogenated alkanes) is 16. The summed E-state index contributed by atoms with van der Waals surface area (Å²) >= 11 is 0. The monoisotopic (exact) mass is 520 g/mol. The summed E-state index contributed by atoms with van der Waals surface area (Å²) in [5, 5.41) is 2.48. The summed E-state index contributed by atoms with van der Waals surface area (Å²) in [6.45, 7) is 3.53. The molecule has 2 atom stereocenters. The van der Waals surface area contributed by atoms with Crippen LogP contribution in [0.1, 0.15) is 122 Å². The zero-order valence-corrected chi connectivity index (χ0v) is 24.3. The standard InChI is InChI=1S/C27H57N2O5P/c1-5-6-7-8-9-10-11-12-13-14-15-16-17-18-19-20-21-22-26(34-27(30)28-2)25-33-35(31)32-24-23-29(3)4/h26,31H,5-25H2,1-4H3,(H,28,30). The molecule has 2 N–H and O–H groups in total. The third kappa shape index (κ3) is 26.4. The Labute approximate surface area is 218 Å². The summed E-state index contributed by atoms with van der Waals surface area (Å²) in [6, 6.07) is 0. The van der Waals surface area contributed by atoms with Crippen molar-refractivity contribution in [2.24, 2.45) is 0 Å². The van der Waals surface area contributed by atoms with Gasteiger partial charge in [-0.15, -0.1) is 0 Å². The number of amides is 1. The van der Waals surface area contributed by atoms with Crippen molar-refractivity contribution < 1.29 is 23.5 Å². The highest BCUT2D eigenvalue weighted by molar-refractivity contribution is 7.40. The predicted molar refractivity (Wildman–Crippen MR) is 148 cm³/mol. The van der Waals surface area contributed by atoms with Gasteiger partial charge < -0.3 is 28.9 Å². The molecule has 0 rings (SSSR count). The van der Waals surface area contributed by atoms with Gasteiger partial charge in [-0.3, -0.25) is 0 Å². The first-order valence-electron chi connectivity index (χ1n) is 14.3. The fraction of sp³-hybridized carbons (Fsp3) is 0.963. The highest BCUT2D eigenvalue weighted by Gasteiger charge is 2.17. The molecule has 0 saturated carbocycles. The first kappa shape index (κ1) is 34.5. The molecular weight excluding hydrogens is 463 g/mol. The van der Waals surface area contributed by atoms with Crippen LogP contribution in [-0.4, -0.2) is 62.9 Å². The van der Waals surface area contributed by atoms with Gasteiger partial charge in [0.05, 0.1) is 13.2 Å². The average molecular weight is 521 g/mol. The molecule has 0 aliphatic heterocycles. The average Bonchev–Trinajstić information content (AvgIpc) is 2.83. The molecule has 2 unspecified atom stereocenters. The van der Waals surface area contributed by atoms with Crippen molar-refractivity contribution >= 4 is 14.7 Å². The third-order valence-electron chi connectivity index (χ3n) is 6.22. The Morgan fingerprint density at radius 2 is 1.26 bits per heavy atom. The van der Waals surface area contributed by atoms with E-state index in [1.807, 2.05) is 19.0 Å². The minimum atomic E-state index is -1.95. The van der Waals surface area contributed by atoms with Crippen LogP contribution in [-0.2, 0) is 13.8 Å². The van der Waals surface area contributed by atoms with Crippen LogP contribution in [0.4, 0.5) is 4.79 Å². The molecule has 0 aromatic rings. The normalized spacial score (nSPS) is 13.2. The second-order valence-electron chi connectivity index (χ2n) is 9.89. The summed E-state index contributed by atoms with van der Waals surface area (Å²) in [5.74, 6) is 0. The first-order valence-corrected chi connectivity index (χ1v) is 15.4. The van der Waals surface area contributed by atoms with E-state index in [2.05, 4.69) is 12.2 Å². The second-order valence-corrected chi connectivity index (χ2v) is 10.9. The maximum absolute atomic E-state index is 11.6. The Balaban J connectivity index is 3.65. The van der Waals surface area contributed by atoms with Crippen molar-refractivity contribution in [2.45, 2.75) is 129 Å². The molecule has 1 amide bonds. The minimum absolute atomic E-state index is 0.149. The van der Waals surface area contributed by atoms with E-state index < -0.39 is 14.7 Å². The first-order chi connectivity index (χ1) is 17.0. The number of carbonyl (C=O) groups excluding carboxylic acids is 1. The number of hydrogen-bond acceptors (Lipinski definition) is 6. The Hall–Kier alpha value is -0.460. The van der Waals surface area contributed by atoms with Crippen LogP contribution < -0.4 is 5.32 Å². The van der Waals surface area contributed by atoms with Gasteiger partial charge in [-0.05, 0) is 26.9 Å². The number of nitrogens with zero attached hydrogens (tertiary/aromatic N) is 1. The van der Waals surface area contributed by atoms with Gasteiger partial charge in [-0.1, -0.05) is 110 Å². The largest absolute Gasteiger partial charge is 0.444 e.